The first kappa shape index (κ1) is 31.6. The van der Waals surface area contributed by atoms with Gasteiger partial charge in [0.2, 0.25) is 5.95 Å². The summed E-state index contributed by atoms with van der Waals surface area (Å²) in [6.45, 7) is 7.20. The molecule has 45 heavy (non-hydrogen) atoms. The highest BCUT2D eigenvalue weighted by atomic mass is 16.5. The van der Waals surface area contributed by atoms with E-state index in [1.54, 1.807) is 12.1 Å². The number of H-pyrrole nitrogens is 1. The number of fused-ring (bicyclic) bond motifs is 3. The van der Waals surface area contributed by atoms with Crippen molar-refractivity contribution >= 4 is 47.0 Å². The maximum absolute atomic E-state index is 13.0. The van der Waals surface area contributed by atoms with Crippen LogP contribution in [0.5, 0.6) is 0 Å². The molecule has 2 fully saturated rings. The van der Waals surface area contributed by atoms with E-state index in [4.69, 9.17) is 10.5 Å². The molecule has 15 heteroatoms. The number of esters is 1. The number of nitrogens with two attached hydrogens (primary N) is 1. The van der Waals surface area contributed by atoms with E-state index in [9.17, 15) is 34.2 Å². The minimum atomic E-state index is -1.76. The summed E-state index contributed by atoms with van der Waals surface area (Å²) in [6, 6.07) is 4.40. The zero-order chi connectivity index (χ0) is 32.7. The van der Waals surface area contributed by atoms with Crippen LogP contribution in [0.2, 0.25) is 0 Å². The molecule has 0 saturated heterocycles. The molecule has 2 bridgehead atoms. The molecule has 2 heterocycles. The van der Waals surface area contributed by atoms with Gasteiger partial charge < -0.3 is 42.0 Å². The lowest BCUT2D eigenvalue weighted by atomic mass is 9.70. The van der Waals surface area contributed by atoms with Crippen LogP contribution in [0.1, 0.15) is 56.8 Å². The average Bonchev–Trinajstić information content (AvgIpc) is 3.31. The zero-order valence-electron chi connectivity index (χ0n) is 25.3. The molecule has 2 saturated carbocycles. The van der Waals surface area contributed by atoms with Crippen molar-refractivity contribution in [2.45, 2.75) is 64.6 Å². The van der Waals surface area contributed by atoms with E-state index >= 15 is 0 Å². The summed E-state index contributed by atoms with van der Waals surface area (Å²) in [5, 5.41) is 31.3. The van der Waals surface area contributed by atoms with E-state index < -0.39 is 53.9 Å². The SMILES string of the molecule is CC1(C)C2CCC1(C)C(OC(=O)C(C[C@H](NC(=O)c1ccc(NCC3CNc4nc(N)[nH]c(=O)c4N3)cc1)C(=O)O)C(=O)O)C2. The Labute approximate surface area is 258 Å². The molecule has 2 aromatic rings. The van der Waals surface area contributed by atoms with Crippen LogP contribution < -0.4 is 32.6 Å². The maximum atomic E-state index is 13.0. The standard InChI is InChI=1S/C30H39N7O8/c1-29(2)15-8-9-30(29,3)20(10-15)45-27(44)18(25(40)41)11-19(26(42)43)35-23(38)14-4-6-16(7-5-14)32-12-17-13-33-22-21(34-17)24(39)37-28(31)36-22/h4-7,15,17-20,32,34H,8-13H2,1-3H3,(H,35,38)(H,40,41)(H,42,43)(H4,31,33,36,37,39)/t15?,17?,18?,19-,20?,30?/m0/s1. The fourth-order valence-corrected chi connectivity index (χ4v) is 6.86. The normalized spacial score (nSPS) is 25.5. The number of hydrogen-bond donors (Lipinski definition) is 8. The predicted molar refractivity (Wildman–Crippen MR) is 164 cm³/mol. The number of rotatable bonds is 11. The second-order valence-electron chi connectivity index (χ2n) is 12.9. The van der Waals surface area contributed by atoms with Crippen LogP contribution in [0.4, 0.5) is 23.1 Å². The lowest BCUT2D eigenvalue weighted by Gasteiger charge is -2.38. The number of carbonyl (C=O) groups is 4. The molecule has 242 valence electrons. The van der Waals surface area contributed by atoms with Crippen LogP contribution in [0.15, 0.2) is 29.1 Å². The number of carbonyl (C=O) groups excluding carboxylic acids is 2. The van der Waals surface area contributed by atoms with Gasteiger partial charge in [-0.3, -0.25) is 24.2 Å². The van der Waals surface area contributed by atoms with Crippen molar-refractivity contribution < 1.29 is 34.1 Å². The van der Waals surface area contributed by atoms with Gasteiger partial charge in [0.25, 0.3) is 11.5 Å². The Hall–Kier alpha value is -4.82. The third-order valence-electron chi connectivity index (χ3n) is 10.1. The third-order valence-corrected chi connectivity index (χ3v) is 10.1. The lowest BCUT2D eigenvalue weighted by Crippen LogP contribution is -2.46. The number of aromatic amines is 1. The third kappa shape index (κ3) is 6.11. The number of aromatic nitrogens is 2. The Morgan fingerprint density at radius 1 is 1.13 bits per heavy atom. The van der Waals surface area contributed by atoms with E-state index in [1.807, 2.05) is 0 Å². The van der Waals surface area contributed by atoms with Gasteiger partial charge >= 0.3 is 17.9 Å². The number of ether oxygens (including phenoxy) is 1. The monoisotopic (exact) mass is 625 g/mol. The minimum Gasteiger partial charge on any atom is -0.481 e. The first-order valence-electron chi connectivity index (χ1n) is 14.9. The highest BCUT2D eigenvalue weighted by molar-refractivity contribution is 5.98. The lowest BCUT2D eigenvalue weighted by molar-refractivity contribution is -0.169. The van der Waals surface area contributed by atoms with Crippen molar-refractivity contribution in [2.75, 3.05) is 34.8 Å². The van der Waals surface area contributed by atoms with Gasteiger partial charge in [-0.15, -0.1) is 0 Å². The Morgan fingerprint density at radius 3 is 2.44 bits per heavy atom. The Kier molecular flexibility index (Phi) is 8.38. The number of hydrogen-bond acceptors (Lipinski definition) is 11. The molecule has 2 aliphatic carbocycles. The van der Waals surface area contributed by atoms with E-state index in [2.05, 4.69) is 52.0 Å². The molecular weight excluding hydrogens is 586 g/mol. The van der Waals surface area contributed by atoms with Gasteiger partial charge in [0.05, 0.1) is 6.04 Å². The molecular formula is C30H39N7O8. The minimum absolute atomic E-state index is 0.0112. The number of carboxylic acid groups (broad SMARTS) is 2. The van der Waals surface area contributed by atoms with Gasteiger partial charge in [0.1, 0.15) is 17.8 Å². The summed E-state index contributed by atoms with van der Waals surface area (Å²) in [5.74, 6) is -5.75. The fraction of sp³-hybridized carbons (Fsp3) is 0.533. The van der Waals surface area contributed by atoms with Gasteiger partial charge in [-0.05, 0) is 54.9 Å². The molecule has 3 aliphatic rings. The van der Waals surface area contributed by atoms with Crippen LogP contribution in [-0.2, 0) is 19.1 Å². The van der Waals surface area contributed by atoms with Crippen LogP contribution in [0.3, 0.4) is 0 Å². The van der Waals surface area contributed by atoms with Gasteiger partial charge in [0.15, 0.2) is 11.7 Å². The molecule has 0 spiro atoms. The summed E-state index contributed by atoms with van der Waals surface area (Å²) < 4.78 is 5.72. The summed E-state index contributed by atoms with van der Waals surface area (Å²) in [7, 11) is 0. The van der Waals surface area contributed by atoms with E-state index in [0.29, 0.717) is 36.9 Å². The van der Waals surface area contributed by atoms with Crippen molar-refractivity contribution in [3.63, 3.8) is 0 Å². The largest absolute Gasteiger partial charge is 0.481 e. The van der Waals surface area contributed by atoms with Crippen molar-refractivity contribution in [3.8, 4) is 0 Å². The molecule has 1 aliphatic heterocycles. The number of nitrogens with one attached hydrogen (secondary N) is 5. The molecule has 9 N–H and O–H groups in total. The van der Waals surface area contributed by atoms with E-state index in [-0.39, 0.29) is 34.1 Å². The van der Waals surface area contributed by atoms with Gasteiger partial charge in [-0.1, -0.05) is 20.8 Å². The second-order valence-corrected chi connectivity index (χ2v) is 12.9. The number of nitrogens with zero attached hydrogens (tertiary/aromatic N) is 1. The number of amides is 1. The Morgan fingerprint density at radius 2 is 1.84 bits per heavy atom. The quantitative estimate of drug-likeness (QED) is 0.131. The molecule has 0 radical (unpaired) electrons. The molecule has 1 amide bonds. The van der Waals surface area contributed by atoms with Crippen LogP contribution in [0, 0.1) is 22.7 Å². The summed E-state index contributed by atoms with van der Waals surface area (Å²) in [6.07, 6.45) is 1.40. The number of nitrogen functional groups attached to an aromatic ring is 1. The molecule has 1 aromatic heterocycles. The first-order valence-corrected chi connectivity index (χ1v) is 14.9. The predicted octanol–water partition coefficient (Wildman–Crippen LogP) is 1.70. The molecule has 1 aromatic carbocycles. The smallest absolute Gasteiger partial charge is 0.326 e. The second kappa shape index (κ2) is 11.9. The number of aliphatic carboxylic acids is 2. The highest BCUT2D eigenvalue weighted by Crippen LogP contribution is 2.66. The van der Waals surface area contributed by atoms with Crippen LogP contribution >= 0.6 is 0 Å². The fourth-order valence-electron chi connectivity index (χ4n) is 6.86. The molecule has 5 rings (SSSR count). The summed E-state index contributed by atoms with van der Waals surface area (Å²) in [4.78, 5) is 68.7. The molecule has 6 atom stereocenters. The van der Waals surface area contributed by atoms with Crippen molar-refractivity contribution in [2.24, 2.45) is 22.7 Å². The van der Waals surface area contributed by atoms with Gasteiger partial charge in [-0.2, -0.15) is 4.98 Å². The van der Waals surface area contributed by atoms with Gasteiger partial charge in [-0.25, -0.2) is 4.79 Å². The Balaban J connectivity index is 1.16. The number of anilines is 4. The number of carboxylic acids is 2. The van der Waals surface area contributed by atoms with Crippen LogP contribution in [-0.4, -0.2) is 75.3 Å². The van der Waals surface area contributed by atoms with E-state index in [0.717, 1.165) is 12.8 Å². The summed E-state index contributed by atoms with van der Waals surface area (Å²) >= 11 is 0. The van der Waals surface area contributed by atoms with E-state index in [1.165, 1.54) is 12.1 Å². The molecule has 5 unspecified atom stereocenters. The Bertz CT molecular complexity index is 1560. The van der Waals surface area contributed by atoms with Crippen molar-refractivity contribution in [1.29, 1.82) is 0 Å². The molecule has 15 nitrogen and oxygen atoms in total. The van der Waals surface area contributed by atoms with Crippen LogP contribution in [0.25, 0.3) is 0 Å². The maximum Gasteiger partial charge on any atom is 0.326 e. The van der Waals surface area contributed by atoms with Gasteiger partial charge in [0, 0.05) is 36.2 Å². The number of benzene rings is 1. The highest BCUT2D eigenvalue weighted by Gasteiger charge is 2.63. The first-order chi connectivity index (χ1) is 21.2. The summed E-state index contributed by atoms with van der Waals surface area (Å²) in [5.41, 5.74) is 5.90. The van der Waals surface area contributed by atoms with Crippen molar-refractivity contribution in [1.82, 2.24) is 15.3 Å². The topological polar surface area (TPSA) is 238 Å². The van der Waals surface area contributed by atoms with Crippen molar-refractivity contribution in [3.05, 3.63) is 40.2 Å². The average molecular weight is 626 g/mol. The zero-order valence-corrected chi connectivity index (χ0v) is 25.3.